The van der Waals surface area contributed by atoms with Crippen LogP contribution in [0, 0.1) is 12.7 Å². The van der Waals surface area contributed by atoms with Gasteiger partial charge < -0.3 is 5.32 Å². The highest BCUT2D eigenvalue weighted by molar-refractivity contribution is 6.13. The van der Waals surface area contributed by atoms with E-state index >= 15 is 0 Å². The molecule has 1 amide bonds. The molecule has 5 aromatic rings. The Kier molecular flexibility index (Phi) is 5.87. The van der Waals surface area contributed by atoms with Gasteiger partial charge >= 0.3 is 0 Å². The van der Waals surface area contributed by atoms with Crippen LogP contribution in [0.1, 0.15) is 41.4 Å². The summed E-state index contributed by atoms with van der Waals surface area (Å²) in [6, 6.07) is 23.4. The number of nitrogens with zero attached hydrogens (tertiary/aromatic N) is 3. The third kappa shape index (κ3) is 4.43. The summed E-state index contributed by atoms with van der Waals surface area (Å²) in [5.41, 5.74) is 6.39. The molecule has 0 aliphatic rings. The van der Waals surface area contributed by atoms with Crippen LogP contribution in [0.4, 0.5) is 10.1 Å². The predicted octanol–water partition coefficient (Wildman–Crippen LogP) is 6.91. The average Bonchev–Trinajstić information content (AvgIpc) is 3.26. The highest BCUT2D eigenvalue weighted by Gasteiger charge is 2.17. The molecule has 1 N–H and O–H groups in total. The molecular formula is C29H25FN4O. The van der Waals surface area contributed by atoms with Crippen molar-refractivity contribution in [2.75, 3.05) is 5.32 Å². The van der Waals surface area contributed by atoms with E-state index in [9.17, 15) is 9.18 Å². The molecule has 0 aliphatic carbocycles. The fourth-order valence-corrected chi connectivity index (χ4v) is 4.15. The number of para-hydroxylation sites is 1. The van der Waals surface area contributed by atoms with Crippen molar-refractivity contribution in [2.24, 2.45) is 0 Å². The maximum absolute atomic E-state index is 13.3. The van der Waals surface area contributed by atoms with Crippen LogP contribution in [0.15, 0.2) is 85.1 Å². The Labute approximate surface area is 203 Å². The SMILES string of the molecule is Cc1c(-c2cc(C(=O)Nc3ccc(F)cc3)c3ccccc3n2)cnn1-c1ccc(C(C)C)cc1. The number of amides is 1. The van der Waals surface area contributed by atoms with Gasteiger partial charge in [0.2, 0.25) is 0 Å². The molecule has 0 radical (unpaired) electrons. The number of carbonyl (C=O) groups excluding carboxylic acids is 1. The van der Waals surface area contributed by atoms with Gasteiger partial charge in [-0.3, -0.25) is 4.79 Å². The Hall–Kier alpha value is -4.32. The number of hydrogen-bond acceptors (Lipinski definition) is 3. The van der Waals surface area contributed by atoms with Gasteiger partial charge in [0.05, 0.1) is 34.4 Å². The van der Waals surface area contributed by atoms with Crippen molar-refractivity contribution in [1.29, 1.82) is 0 Å². The van der Waals surface area contributed by atoms with E-state index < -0.39 is 0 Å². The molecule has 6 heteroatoms. The Morgan fingerprint density at radius 3 is 2.40 bits per heavy atom. The summed E-state index contributed by atoms with van der Waals surface area (Å²) >= 11 is 0. The van der Waals surface area contributed by atoms with Crippen molar-refractivity contribution in [3.05, 3.63) is 108 Å². The molecule has 0 saturated carbocycles. The smallest absolute Gasteiger partial charge is 0.256 e. The Morgan fingerprint density at radius 1 is 0.971 bits per heavy atom. The molecule has 35 heavy (non-hydrogen) atoms. The first kappa shape index (κ1) is 22.5. The Bertz CT molecular complexity index is 1520. The summed E-state index contributed by atoms with van der Waals surface area (Å²) in [5.74, 6) is -0.184. The largest absolute Gasteiger partial charge is 0.322 e. The van der Waals surface area contributed by atoms with Gasteiger partial charge in [-0.25, -0.2) is 14.1 Å². The topological polar surface area (TPSA) is 59.8 Å². The summed E-state index contributed by atoms with van der Waals surface area (Å²) in [6.45, 7) is 6.33. The Balaban J connectivity index is 1.55. The van der Waals surface area contributed by atoms with E-state index in [1.807, 2.05) is 35.9 Å². The number of halogens is 1. The lowest BCUT2D eigenvalue weighted by Gasteiger charge is -2.11. The van der Waals surface area contributed by atoms with Gasteiger partial charge in [-0.15, -0.1) is 0 Å². The second kappa shape index (κ2) is 9.14. The van der Waals surface area contributed by atoms with E-state index in [1.54, 1.807) is 12.3 Å². The fraction of sp³-hybridized carbons (Fsp3) is 0.138. The van der Waals surface area contributed by atoms with Crippen LogP contribution in [-0.4, -0.2) is 20.7 Å². The van der Waals surface area contributed by atoms with Crippen molar-refractivity contribution in [3.8, 4) is 16.9 Å². The Morgan fingerprint density at radius 2 is 1.69 bits per heavy atom. The number of hydrogen-bond donors (Lipinski definition) is 1. The van der Waals surface area contributed by atoms with Gasteiger partial charge in [-0.05, 0) is 66.9 Å². The molecule has 2 aromatic heterocycles. The van der Waals surface area contributed by atoms with Gasteiger partial charge in [-0.2, -0.15) is 5.10 Å². The van der Waals surface area contributed by atoms with Crippen LogP contribution in [0.5, 0.6) is 0 Å². The first-order valence-electron chi connectivity index (χ1n) is 11.5. The van der Waals surface area contributed by atoms with Crippen molar-refractivity contribution in [2.45, 2.75) is 26.7 Å². The van der Waals surface area contributed by atoms with Crippen LogP contribution in [0.2, 0.25) is 0 Å². The summed E-state index contributed by atoms with van der Waals surface area (Å²) in [4.78, 5) is 18.1. The number of anilines is 1. The van der Waals surface area contributed by atoms with Crippen LogP contribution in [0.3, 0.4) is 0 Å². The number of pyridine rings is 1. The maximum Gasteiger partial charge on any atom is 0.256 e. The molecule has 0 spiro atoms. The standard InChI is InChI=1S/C29H25FN4O/c1-18(2)20-8-14-23(15-9-20)34-19(3)26(17-31-34)28-16-25(24-6-4-5-7-27(24)33-28)29(35)32-22-12-10-21(30)11-13-22/h4-18H,1-3H3,(H,32,35). The first-order chi connectivity index (χ1) is 16.9. The van der Waals surface area contributed by atoms with E-state index in [2.05, 4.69) is 48.5 Å². The minimum absolute atomic E-state index is 0.286. The number of carbonyl (C=O) groups is 1. The zero-order chi connectivity index (χ0) is 24.5. The molecule has 2 heterocycles. The van der Waals surface area contributed by atoms with Gasteiger partial charge in [0.15, 0.2) is 0 Å². The lowest BCUT2D eigenvalue weighted by atomic mass is 10.0. The van der Waals surface area contributed by atoms with Crippen molar-refractivity contribution >= 4 is 22.5 Å². The fourth-order valence-electron chi connectivity index (χ4n) is 4.15. The molecule has 0 aliphatic heterocycles. The maximum atomic E-state index is 13.3. The van der Waals surface area contributed by atoms with Gasteiger partial charge in [-0.1, -0.05) is 44.2 Å². The normalized spacial score (nSPS) is 11.2. The van der Waals surface area contributed by atoms with E-state index in [0.717, 1.165) is 22.3 Å². The number of aromatic nitrogens is 3. The van der Waals surface area contributed by atoms with Crippen molar-refractivity contribution in [1.82, 2.24) is 14.8 Å². The summed E-state index contributed by atoms with van der Waals surface area (Å²) in [7, 11) is 0. The van der Waals surface area contributed by atoms with Crippen molar-refractivity contribution < 1.29 is 9.18 Å². The average molecular weight is 465 g/mol. The predicted molar refractivity (Wildman–Crippen MR) is 137 cm³/mol. The van der Waals surface area contributed by atoms with Gasteiger partial charge in [0.1, 0.15) is 5.82 Å². The van der Waals surface area contributed by atoms with Crippen LogP contribution in [-0.2, 0) is 0 Å². The number of benzene rings is 3. The zero-order valence-electron chi connectivity index (χ0n) is 19.8. The highest BCUT2D eigenvalue weighted by Crippen LogP contribution is 2.29. The van der Waals surface area contributed by atoms with Gasteiger partial charge in [0, 0.05) is 16.6 Å². The number of rotatable bonds is 5. The van der Waals surface area contributed by atoms with E-state index in [0.29, 0.717) is 28.4 Å². The lowest BCUT2D eigenvalue weighted by Crippen LogP contribution is -2.13. The van der Waals surface area contributed by atoms with Gasteiger partial charge in [0.25, 0.3) is 5.91 Å². The van der Waals surface area contributed by atoms with E-state index in [1.165, 1.54) is 29.8 Å². The second-order valence-electron chi connectivity index (χ2n) is 8.83. The quantitative estimate of drug-likeness (QED) is 0.307. The zero-order valence-corrected chi connectivity index (χ0v) is 19.8. The molecule has 174 valence electrons. The second-order valence-corrected chi connectivity index (χ2v) is 8.83. The number of nitrogens with one attached hydrogen (secondary N) is 1. The van der Waals surface area contributed by atoms with Crippen LogP contribution >= 0.6 is 0 Å². The molecular weight excluding hydrogens is 439 g/mol. The monoisotopic (exact) mass is 464 g/mol. The van der Waals surface area contributed by atoms with E-state index in [-0.39, 0.29) is 11.7 Å². The van der Waals surface area contributed by atoms with Crippen LogP contribution < -0.4 is 5.32 Å². The molecule has 0 fully saturated rings. The molecule has 3 aromatic carbocycles. The first-order valence-corrected chi connectivity index (χ1v) is 11.5. The molecule has 0 unspecified atom stereocenters. The summed E-state index contributed by atoms with van der Waals surface area (Å²) in [6.07, 6.45) is 1.78. The molecule has 0 atom stereocenters. The van der Waals surface area contributed by atoms with E-state index in [4.69, 9.17) is 4.98 Å². The highest BCUT2D eigenvalue weighted by atomic mass is 19.1. The minimum atomic E-state index is -0.356. The summed E-state index contributed by atoms with van der Waals surface area (Å²) < 4.78 is 15.2. The van der Waals surface area contributed by atoms with Crippen LogP contribution in [0.25, 0.3) is 27.8 Å². The third-order valence-electron chi connectivity index (χ3n) is 6.15. The third-order valence-corrected chi connectivity index (χ3v) is 6.15. The molecule has 5 rings (SSSR count). The molecule has 5 nitrogen and oxygen atoms in total. The summed E-state index contributed by atoms with van der Waals surface area (Å²) in [5, 5.41) is 8.21. The minimum Gasteiger partial charge on any atom is -0.322 e. The van der Waals surface area contributed by atoms with Crippen molar-refractivity contribution in [3.63, 3.8) is 0 Å². The number of fused-ring (bicyclic) bond motifs is 1. The molecule has 0 bridgehead atoms. The molecule has 0 saturated heterocycles. The lowest BCUT2D eigenvalue weighted by molar-refractivity contribution is 0.102.